The Morgan fingerprint density at radius 3 is 2.77 bits per heavy atom. The summed E-state index contributed by atoms with van der Waals surface area (Å²) in [6.45, 7) is 4.17. The first kappa shape index (κ1) is 19.8. The molecule has 3 unspecified atom stereocenters. The van der Waals surface area contributed by atoms with Gasteiger partial charge < -0.3 is 9.84 Å². The van der Waals surface area contributed by atoms with E-state index in [-0.39, 0.29) is 5.41 Å². The Bertz CT molecular complexity index is 951. The molecule has 2 heterocycles. The number of carboxylic acids is 1. The number of hydrogen-bond acceptors (Lipinski definition) is 3. The molecule has 4 nitrogen and oxygen atoms in total. The summed E-state index contributed by atoms with van der Waals surface area (Å²) in [5, 5.41) is 9.11. The molecule has 2 bridgehead atoms. The third-order valence-corrected chi connectivity index (χ3v) is 8.86. The molecule has 3 atom stereocenters. The molecule has 4 aliphatic carbocycles. The summed E-state index contributed by atoms with van der Waals surface area (Å²) in [7, 11) is 0. The summed E-state index contributed by atoms with van der Waals surface area (Å²) in [5.41, 5.74) is 6.81. The van der Waals surface area contributed by atoms with Gasteiger partial charge in [-0.05, 0) is 91.4 Å². The topological polar surface area (TPSA) is 49.8 Å². The smallest absolute Gasteiger partial charge is 0.327 e. The van der Waals surface area contributed by atoms with Gasteiger partial charge in [0, 0.05) is 30.8 Å². The minimum Gasteiger partial charge on any atom is -0.478 e. The average molecular weight is 420 g/mol. The van der Waals surface area contributed by atoms with Crippen molar-refractivity contribution >= 4 is 11.5 Å². The molecule has 7 rings (SSSR count). The van der Waals surface area contributed by atoms with E-state index >= 15 is 0 Å². The van der Waals surface area contributed by atoms with Crippen molar-refractivity contribution in [3.8, 4) is 0 Å². The first-order valence-electron chi connectivity index (χ1n) is 12.1. The predicted molar refractivity (Wildman–Crippen MR) is 121 cm³/mol. The van der Waals surface area contributed by atoms with E-state index < -0.39 is 5.97 Å². The normalized spacial score (nSPS) is 39.5. The van der Waals surface area contributed by atoms with Crippen LogP contribution in [0.25, 0.3) is 5.57 Å². The first-order chi connectivity index (χ1) is 15.0. The summed E-state index contributed by atoms with van der Waals surface area (Å²) in [6.07, 6.45) is 12.7. The van der Waals surface area contributed by atoms with Crippen LogP contribution in [0.4, 0.5) is 0 Å². The van der Waals surface area contributed by atoms with Crippen molar-refractivity contribution in [3.05, 3.63) is 53.1 Å². The fraction of sp³-hybridized carbons (Fsp3) is 0.593. The Hall–Kier alpha value is -1.91. The molecule has 2 aliphatic heterocycles. The standard InChI is InChI=1S/C27H33NO3/c1-18-13-23-21-7-3-2-5-19(21)6-4-8-22(23)25(28(18)20-10-12-31-14-20)27-15-26(16-27,17-27)11-9-24(29)30/h2-3,5,7,9,11,18,20,25H,4,6,8,10,12-17H2,1H3,(H,29,30)/b11-9+. The van der Waals surface area contributed by atoms with Crippen LogP contribution in [0.2, 0.25) is 0 Å². The molecule has 0 aromatic heterocycles. The van der Waals surface area contributed by atoms with Gasteiger partial charge in [0.25, 0.3) is 0 Å². The van der Waals surface area contributed by atoms with Crippen LogP contribution in [-0.2, 0) is 16.0 Å². The van der Waals surface area contributed by atoms with Gasteiger partial charge >= 0.3 is 5.97 Å². The molecule has 164 valence electrons. The lowest BCUT2D eigenvalue weighted by Crippen LogP contribution is -2.72. The monoisotopic (exact) mass is 419 g/mol. The molecular weight excluding hydrogens is 386 g/mol. The average Bonchev–Trinajstić information content (AvgIpc) is 3.15. The van der Waals surface area contributed by atoms with Gasteiger partial charge in [-0.1, -0.05) is 30.3 Å². The van der Waals surface area contributed by atoms with E-state index in [1.165, 1.54) is 36.5 Å². The number of nitrogens with zero attached hydrogens (tertiary/aromatic N) is 1. The second-order valence-electron chi connectivity index (χ2n) is 10.9. The van der Waals surface area contributed by atoms with Crippen LogP contribution >= 0.6 is 0 Å². The summed E-state index contributed by atoms with van der Waals surface area (Å²) in [4.78, 5) is 13.9. The molecule has 1 aromatic rings. The van der Waals surface area contributed by atoms with Crippen molar-refractivity contribution in [3.63, 3.8) is 0 Å². The van der Waals surface area contributed by atoms with Crippen molar-refractivity contribution in [1.82, 2.24) is 4.90 Å². The van der Waals surface area contributed by atoms with E-state index in [0.29, 0.717) is 23.5 Å². The van der Waals surface area contributed by atoms with Gasteiger partial charge in [0.1, 0.15) is 0 Å². The quantitative estimate of drug-likeness (QED) is 0.710. The van der Waals surface area contributed by atoms with Crippen LogP contribution in [0.5, 0.6) is 0 Å². The molecular formula is C27H33NO3. The molecule has 3 saturated carbocycles. The Morgan fingerprint density at radius 1 is 1.23 bits per heavy atom. The molecule has 4 fully saturated rings. The molecule has 0 amide bonds. The molecule has 6 aliphatic rings. The Labute approximate surface area is 185 Å². The zero-order valence-corrected chi connectivity index (χ0v) is 18.5. The largest absolute Gasteiger partial charge is 0.478 e. The van der Waals surface area contributed by atoms with Crippen LogP contribution < -0.4 is 0 Å². The van der Waals surface area contributed by atoms with E-state index in [2.05, 4.69) is 36.1 Å². The van der Waals surface area contributed by atoms with E-state index in [0.717, 1.165) is 45.3 Å². The van der Waals surface area contributed by atoms with E-state index in [9.17, 15) is 4.79 Å². The van der Waals surface area contributed by atoms with Crippen LogP contribution in [-0.4, -0.2) is 47.3 Å². The van der Waals surface area contributed by atoms with Crippen LogP contribution in [0, 0.1) is 10.8 Å². The van der Waals surface area contributed by atoms with Gasteiger partial charge in [0.2, 0.25) is 0 Å². The lowest BCUT2D eigenvalue weighted by Gasteiger charge is -2.75. The highest BCUT2D eigenvalue weighted by molar-refractivity contribution is 5.80. The third-order valence-electron chi connectivity index (χ3n) is 8.86. The number of carbonyl (C=O) groups is 1. The van der Waals surface area contributed by atoms with Crippen LogP contribution in [0.1, 0.15) is 63.0 Å². The zero-order chi connectivity index (χ0) is 21.2. The summed E-state index contributed by atoms with van der Waals surface area (Å²) < 4.78 is 5.85. The highest BCUT2D eigenvalue weighted by Crippen LogP contribution is 2.77. The van der Waals surface area contributed by atoms with Gasteiger partial charge in [-0.15, -0.1) is 0 Å². The van der Waals surface area contributed by atoms with Crippen LogP contribution in [0.15, 0.2) is 42.0 Å². The third kappa shape index (κ3) is 2.98. The molecule has 1 N–H and O–H groups in total. The number of aliphatic carboxylic acids is 1. The van der Waals surface area contributed by atoms with Gasteiger partial charge in [0.05, 0.1) is 6.61 Å². The van der Waals surface area contributed by atoms with Gasteiger partial charge in [-0.25, -0.2) is 4.79 Å². The number of fused-ring (bicyclic) bond motifs is 2. The van der Waals surface area contributed by atoms with Crippen molar-refractivity contribution < 1.29 is 14.6 Å². The Kier molecular flexibility index (Phi) is 4.49. The molecule has 31 heavy (non-hydrogen) atoms. The van der Waals surface area contributed by atoms with Crippen LogP contribution in [0.3, 0.4) is 0 Å². The number of ether oxygens (including phenoxy) is 1. The van der Waals surface area contributed by atoms with Gasteiger partial charge in [0.15, 0.2) is 0 Å². The zero-order valence-electron chi connectivity index (χ0n) is 18.5. The number of rotatable bonds is 4. The predicted octanol–water partition coefficient (Wildman–Crippen LogP) is 4.84. The fourth-order valence-corrected chi connectivity index (χ4v) is 7.88. The molecule has 4 heteroatoms. The number of hydrogen-bond donors (Lipinski definition) is 1. The van der Waals surface area contributed by atoms with Crippen molar-refractivity contribution in [2.45, 2.75) is 76.4 Å². The summed E-state index contributed by atoms with van der Waals surface area (Å²) in [6, 6.07) is 10.6. The minimum atomic E-state index is -0.819. The Balaban J connectivity index is 1.41. The summed E-state index contributed by atoms with van der Waals surface area (Å²) in [5.74, 6) is -0.819. The van der Waals surface area contributed by atoms with Gasteiger partial charge in [-0.3, -0.25) is 4.90 Å². The number of allylic oxidation sites excluding steroid dienone is 1. The van der Waals surface area contributed by atoms with Gasteiger partial charge in [-0.2, -0.15) is 0 Å². The molecule has 1 saturated heterocycles. The first-order valence-corrected chi connectivity index (χ1v) is 12.1. The highest BCUT2D eigenvalue weighted by atomic mass is 16.5. The minimum absolute atomic E-state index is 0.139. The lowest BCUT2D eigenvalue weighted by molar-refractivity contribution is -0.213. The SMILES string of the molecule is CC1CC2=C(CCCc3ccccc32)C(C23CC(/C=C/C(=O)O)(C2)C3)N1C1CCOC1. The van der Waals surface area contributed by atoms with Crippen molar-refractivity contribution in [2.24, 2.45) is 10.8 Å². The lowest BCUT2D eigenvalue weighted by atomic mass is 9.32. The highest BCUT2D eigenvalue weighted by Gasteiger charge is 2.71. The second-order valence-corrected chi connectivity index (χ2v) is 10.9. The molecule has 1 aromatic carbocycles. The number of aryl methyl sites for hydroxylation is 1. The van der Waals surface area contributed by atoms with E-state index in [4.69, 9.17) is 9.84 Å². The maximum absolute atomic E-state index is 11.1. The van der Waals surface area contributed by atoms with Crippen molar-refractivity contribution in [1.29, 1.82) is 0 Å². The van der Waals surface area contributed by atoms with Crippen molar-refractivity contribution in [2.75, 3.05) is 13.2 Å². The maximum Gasteiger partial charge on any atom is 0.327 e. The molecule has 0 radical (unpaired) electrons. The second kappa shape index (κ2) is 7.05. The molecule has 0 spiro atoms. The van der Waals surface area contributed by atoms with E-state index in [1.54, 1.807) is 11.1 Å². The number of carboxylic acid groups (broad SMARTS) is 1. The fourth-order valence-electron chi connectivity index (χ4n) is 7.88. The Morgan fingerprint density at radius 2 is 2.03 bits per heavy atom. The summed E-state index contributed by atoms with van der Waals surface area (Å²) >= 11 is 0. The van der Waals surface area contributed by atoms with E-state index in [1.807, 2.05) is 6.08 Å². The number of benzene rings is 1. The maximum atomic E-state index is 11.1.